The third kappa shape index (κ3) is 2.76. The van der Waals surface area contributed by atoms with Gasteiger partial charge in [0.05, 0.1) is 5.02 Å². The van der Waals surface area contributed by atoms with Gasteiger partial charge in [-0.15, -0.1) is 0 Å². The van der Waals surface area contributed by atoms with Crippen molar-refractivity contribution in [3.05, 3.63) is 28.8 Å². The molecule has 20 heavy (non-hydrogen) atoms. The van der Waals surface area contributed by atoms with Gasteiger partial charge in [0.15, 0.2) is 0 Å². The number of hydrogen-bond acceptors (Lipinski definition) is 3. The van der Waals surface area contributed by atoms with Gasteiger partial charge < -0.3 is 15.3 Å². The standard InChI is InChI=1S/C15H19ClN2O2/c16-13-8-10(3-4-14(13)19)15(20)17-11-5-7-18-6-1-2-12(18)9-11/h3-4,8,11-12,19H,1-2,5-7,9H2,(H,17,20). The Kier molecular flexibility index (Phi) is 3.85. The number of phenols is 1. The summed E-state index contributed by atoms with van der Waals surface area (Å²) in [5.74, 6) is -0.106. The molecule has 3 rings (SSSR count). The molecule has 0 spiro atoms. The normalized spacial score (nSPS) is 26.2. The second kappa shape index (κ2) is 5.62. The molecule has 2 aliphatic rings. The number of carbonyl (C=O) groups is 1. The summed E-state index contributed by atoms with van der Waals surface area (Å²) >= 11 is 5.84. The Labute approximate surface area is 123 Å². The summed E-state index contributed by atoms with van der Waals surface area (Å²) in [5.41, 5.74) is 0.502. The second-order valence-corrected chi connectivity index (χ2v) is 6.10. The lowest BCUT2D eigenvalue weighted by Crippen LogP contribution is -2.47. The van der Waals surface area contributed by atoms with E-state index in [2.05, 4.69) is 10.2 Å². The molecule has 108 valence electrons. The van der Waals surface area contributed by atoms with E-state index in [1.165, 1.54) is 31.5 Å². The Hall–Kier alpha value is -1.26. The van der Waals surface area contributed by atoms with Gasteiger partial charge in [-0.1, -0.05) is 11.6 Å². The smallest absolute Gasteiger partial charge is 0.251 e. The van der Waals surface area contributed by atoms with Crippen LogP contribution >= 0.6 is 11.6 Å². The molecule has 2 fully saturated rings. The summed E-state index contributed by atoms with van der Waals surface area (Å²) in [6, 6.07) is 5.45. The van der Waals surface area contributed by atoms with Crippen LogP contribution in [0.25, 0.3) is 0 Å². The maximum absolute atomic E-state index is 12.2. The molecule has 2 N–H and O–H groups in total. The van der Waals surface area contributed by atoms with E-state index in [-0.39, 0.29) is 22.7 Å². The minimum atomic E-state index is -0.108. The number of phenolic OH excluding ortho intramolecular Hbond substituents is 1. The zero-order chi connectivity index (χ0) is 14.1. The predicted molar refractivity (Wildman–Crippen MR) is 78.2 cm³/mol. The zero-order valence-electron chi connectivity index (χ0n) is 11.3. The molecule has 0 aliphatic carbocycles. The van der Waals surface area contributed by atoms with Crippen molar-refractivity contribution in [2.75, 3.05) is 13.1 Å². The number of fused-ring (bicyclic) bond motifs is 1. The molecule has 1 aromatic rings. The Morgan fingerprint density at radius 3 is 3.00 bits per heavy atom. The fourth-order valence-electron chi connectivity index (χ4n) is 3.27. The molecule has 4 nitrogen and oxygen atoms in total. The molecule has 0 saturated carbocycles. The van der Waals surface area contributed by atoms with Gasteiger partial charge in [-0.25, -0.2) is 0 Å². The van der Waals surface area contributed by atoms with Gasteiger partial charge >= 0.3 is 0 Å². The van der Waals surface area contributed by atoms with Gasteiger partial charge in [-0.2, -0.15) is 0 Å². The fraction of sp³-hybridized carbons (Fsp3) is 0.533. The number of amides is 1. The van der Waals surface area contributed by atoms with E-state index in [0.29, 0.717) is 11.6 Å². The maximum Gasteiger partial charge on any atom is 0.251 e. The molecule has 2 heterocycles. The number of carbonyl (C=O) groups excluding carboxylic acids is 1. The van der Waals surface area contributed by atoms with Crippen molar-refractivity contribution in [3.63, 3.8) is 0 Å². The average molecular weight is 295 g/mol. The third-order valence-electron chi connectivity index (χ3n) is 4.37. The van der Waals surface area contributed by atoms with Crippen molar-refractivity contribution >= 4 is 17.5 Å². The summed E-state index contributed by atoms with van der Waals surface area (Å²) in [6.07, 6.45) is 4.57. The van der Waals surface area contributed by atoms with E-state index in [9.17, 15) is 9.90 Å². The SMILES string of the molecule is O=C(NC1CCN2CCCC2C1)c1ccc(O)c(Cl)c1. The highest BCUT2D eigenvalue weighted by Gasteiger charge is 2.32. The highest BCUT2D eigenvalue weighted by Crippen LogP contribution is 2.27. The van der Waals surface area contributed by atoms with E-state index >= 15 is 0 Å². The van der Waals surface area contributed by atoms with Gasteiger partial charge in [0.1, 0.15) is 5.75 Å². The summed E-state index contributed by atoms with van der Waals surface area (Å²) < 4.78 is 0. The maximum atomic E-state index is 12.2. The molecule has 1 amide bonds. The van der Waals surface area contributed by atoms with Crippen molar-refractivity contribution in [1.29, 1.82) is 0 Å². The van der Waals surface area contributed by atoms with Crippen LogP contribution in [-0.4, -0.2) is 41.1 Å². The fourth-order valence-corrected chi connectivity index (χ4v) is 3.45. The van der Waals surface area contributed by atoms with Crippen LogP contribution in [0.4, 0.5) is 0 Å². The number of benzene rings is 1. The minimum Gasteiger partial charge on any atom is -0.506 e. The van der Waals surface area contributed by atoms with Gasteiger partial charge in [0.2, 0.25) is 0 Å². The highest BCUT2D eigenvalue weighted by atomic mass is 35.5. The van der Waals surface area contributed by atoms with Crippen molar-refractivity contribution in [3.8, 4) is 5.75 Å². The van der Waals surface area contributed by atoms with Crippen LogP contribution in [0.15, 0.2) is 18.2 Å². The molecular formula is C15H19ClN2O2. The summed E-state index contributed by atoms with van der Waals surface area (Å²) in [5, 5.41) is 12.7. The monoisotopic (exact) mass is 294 g/mol. The molecule has 2 aliphatic heterocycles. The molecule has 5 heteroatoms. The summed E-state index contributed by atoms with van der Waals surface area (Å²) in [4.78, 5) is 14.7. The van der Waals surface area contributed by atoms with Crippen LogP contribution in [0.1, 0.15) is 36.0 Å². The second-order valence-electron chi connectivity index (χ2n) is 5.69. The van der Waals surface area contributed by atoms with E-state index in [4.69, 9.17) is 11.6 Å². The average Bonchev–Trinajstić information content (AvgIpc) is 2.89. The van der Waals surface area contributed by atoms with Crippen LogP contribution in [-0.2, 0) is 0 Å². The first kappa shape index (κ1) is 13.7. The van der Waals surface area contributed by atoms with Gasteiger partial charge in [-0.05, 0) is 50.4 Å². The number of aromatic hydroxyl groups is 1. The van der Waals surface area contributed by atoms with Crippen LogP contribution in [0.3, 0.4) is 0 Å². The van der Waals surface area contributed by atoms with Crippen molar-refractivity contribution in [1.82, 2.24) is 10.2 Å². The van der Waals surface area contributed by atoms with Crippen LogP contribution in [0.2, 0.25) is 5.02 Å². The molecule has 0 aromatic heterocycles. The topological polar surface area (TPSA) is 52.6 Å². The van der Waals surface area contributed by atoms with Crippen LogP contribution in [0, 0.1) is 0 Å². The van der Waals surface area contributed by atoms with E-state index in [1.807, 2.05) is 0 Å². The molecule has 2 atom stereocenters. The first-order chi connectivity index (χ1) is 9.63. The molecule has 0 radical (unpaired) electrons. The molecule has 0 bridgehead atoms. The zero-order valence-corrected chi connectivity index (χ0v) is 12.1. The number of nitrogens with one attached hydrogen (secondary N) is 1. The summed E-state index contributed by atoms with van der Waals surface area (Å²) in [7, 11) is 0. The quantitative estimate of drug-likeness (QED) is 0.881. The number of rotatable bonds is 2. The van der Waals surface area contributed by atoms with Crippen molar-refractivity contribution < 1.29 is 9.90 Å². The van der Waals surface area contributed by atoms with E-state index < -0.39 is 0 Å². The first-order valence-electron chi connectivity index (χ1n) is 7.17. The Bertz CT molecular complexity index is 521. The van der Waals surface area contributed by atoms with E-state index in [0.717, 1.165) is 19.4 Å². The molecule has 1 aromatic carbocycles. The van der Waals surface area contributed by atoms with Gasteiger partial charge in [0, 0.05) is 24.2 Å². The minimum absolute atomic E-state index is 0.00230. The lowest BCUT2D eigenvalue weighted by molar-refractivity contribution is 0.0896. The lowest BCUT2D eigenvalue weighted by Gasteiger charge is -2.35. The van der Waals surface area contributed by atoms with Gasteiger partial charge in [-0.3, -0.25) is 4.79 Å². The van der Waals surface area contributed by atoms with Crippen molar-refractivity contribution in [2.24, 2.45) is 0 Å². The highest BCUT2D eigenvalue weighted by molar-refractivity contribution is 6.32. The number of nitrogens with zero attached hydrogens (tertiary/aromatic N) is 1. The molecule has 2 unspecified atom stereocenters. The number of piperidine rings is 1. The predicted octanol–water partition coefficient (Wildman–Crippen LogP) is 2.40. The summed E-state index contributed by atoms with van der Waals surface area (Å²) in [6.45, 7) is 2.28. The third-order valence-corrected chi connectivity index (χ3v) is 4.67. The van der Waals surface area contributed by atoms with Gasteiger partial charge in [0.25, 0.3) is 5.91 Å². The number of halogens is 1. The van der Waals surface area contributed by atoms with Crippen LogP contribution in [0.5, 0.6) is 5.75 Å². The van der Waals surface area contributed by atoms with Crippen LogP contribution < -0.4 is 5.32 Å². The van der Waals surface area contributed by atoms with Crippen molar-refractivity contribution in [2.45, 2.75) is 37.8 Å². The molecular weight excluding hydrogens is 276 g/mol. The Morgan fingerprint density at radius 1 is 1.35 bits per heavy atom. The molecule has 2 saturated heterocycles. The number of hydrogen-bond donors (Lipinski definition) is 2. The first-order valence-corrected chi connectivity index (χ1v) is 7.55. The van der Waals surface area contributed by atoms with E-state index in [1.54, 1.807) is 6.07 Å². The Morgan fingerprint density at radius 2 is 2.20 bits per heavy atom. The Balaban J connectivity index is 1.62. The largest absolute Gasteiger partial charge is 0.506 e. The lowest BCUT2D eigenvalue weighted by atomic mass is 9.97.